The first-order valence-electron chi connectivity index (χ1n) is 6.93. The Morgan fingerprint density at radius 3 is 2.43 bits per heavy atom. The summed E-state index contributed by atoms with van der Waals surface area (Å²) in [6.45, 7) is 0.987. The van der Waals surface area contributed by atoms with E-state index in [1.165, 1.54) is 7.05 Å². The van der Waals surface area contributed by atoms with E-state index in [4.69, 9.17) is 0 Å². The van der Waals surface area contributed by atoms with Crippen molar-refractivity contribution in [2.75, 3.05) is 0 Å². The third-order valence-corrected chi connectivity index (χ3v) is 6.46. The Morgan fingerprint density at radius 1 is 1.33 bits per heavy atom. The molecular weight excluding hydrogens is 305 g/mol. The molecule has 1 heterocycles. The minimum absolute atomic E-state index is 0.455. The second-order valence-electron chi connectivity index (χ2n) is 5.68. The van der Waals surface area contributed by atoms with E-state index in [0.29, 0.717) is 12.8 Å². The fourth-order valence-corrected chi connectivity index (χ4v) is 4.70. The van der Waals surface area contributed by atoms with Crippen molar-refractivity contribution in [1.82, 2.24) is 9.78 Å². The largest absolute Gasteiger partial charge is 0.283 e. The molecule has 1 aromatic heterocycles. The lowest BCUT2D eigenvalue weighted by molar-refractivity contribution is 0.139. The summed E-state index contributed by atoms with van der Waals surface area (Å²) in [6, 6.07) is 0. The topological polar surface area (TPSA) is 52.0 Å². The molecule has 0 bridgehead atoms. The summed E-state index contributed by atoms with van der Waals surface area (Å²) in [5, 5.41) is 0.900. The highest BCUT2D eigenvalue weighted by Crippen LogP contribution is 2.43. The van der Waals surface area contributed by atoms with Gasteiger partial charge in [0.05, 0.1) is 0 Å². The van der Waals surface area contributed by atoms with Crippen LogP contribution in [0.3, 0.4) is 0 Å². The molecule has 2 rings (SSSR count). The number of rotatable bonds is 4. The first-order valence-corrected chi connectivity index (χ1v) is 8.41. The monoisotopic (exact) mass is 324 g/mol. The van der Waals surface area contributed by atoms with Gasteiger partial charge in [-0.05, 0) is 19.8 Å². The molecule has 0 unspecified atom stereocenters. The van der Waals surface area contributed by atoms with Crippen molar-refractivity contribution in [2.24, 2.45) is 13.0 Å². The maximum Gasteiger partial charge on any atom is 0.283 e. The molecule has 1 atom stereocenters. The number of hydrogen-bond acceptors (Lipinski definition) is 3. The standard InChI is InChI=1S/C13H19F3N2O2S/c1-13(16,9-6-4-3-5-7-9)21(19,20)10-8-18(2)17-11(10)12(14)15/h8-9,12H,3-7H2,1-2H3/t13-/m0/s1. The first kappa shape index (κ1) is 16.3. The minimum Gasteiger partial charge on any atom is -0.274 e. The van der Waals surface area contributed by atoms with Gasteiger partial charge in [-0.3, -0.25) is 4.68 Å². The molecule has 0 spiro atoms. The minimum atomic E-state index is -4.52. The lowest BCUT2D eigenvalue weighted by atomic mass is 9.86. The van der Waals surface area contributed by atoms with Gasteiger partial charge in [-0.15, -0.1) is 0 Å². The third-order valence-electron chi connectivity index (χ3n) is 4.18. The molecule has 0 aromatic carbocycles. The number of aromatic nitrogens is 2. The van der Waals surface area contributed by atoms with Crippen LogP contribution in [-0.2, 0) is 16.9 Å². The van der Waals surface area contributed by atoms with E-state index < -0.39 is 37.8 Å². The quantitative estimate of drug-likeness (QED) is 0.853. The molecule has 4 nitrogen and oxygen atoms in total. The SMILES string of the molecule is Cn1cc(S(=O)(=O)[C@](C)(F)C2CCCCC2)c(C(F)F)n1. The van der Waals surface area contributed by atoms with E-state index >= 15 is 4.39 Å². The molecule has 1 aliphatic rings. The molecule has 1 aromatic rings. The summed E-state index contributed by atoms with van der Waals surface area (Å²) >= 11 is 0. The molecule has 0 aliphatic heterocycles. The zero-order valence-corrected chi connectivity index (χ0v) is 12.8. The lowest BCUT2D eigenvalue weighted by Crippen LogP contribution is -2.40. The Bertz CT molecular complexity index is 605. The maximum absolute atomic E-state index is 15.0. The molecule has 1 fully saturated rings. The van der Waals surface area contributed by atoms with Crippen LogP contribution in [0.4, 0.5) is 13.2 Å². The van der Waals surface area contributed by atoms with Gasteiger partial charge in [0.1, 0.15) is 10.6 Å². The molecule has 120 valence electrons. The van der Waals surface area contributed by atoms with E-state index in [9.17, 15) is 17.2 Å². The van der Waals surface area contributed by atoms with Crippen LogP contribution in [0.1, 0.15) is 51.1 Å². The predicted molar refractivity (Wildman–Crippen MR) is 71.4 cm³/mol. The van der Waals surface area contributed by atoms with E-state index in [0.717, 1.165) is 37.1 Å². The Kier molecular flexibility index (Phi) is 4.37. The summed E-state index contributed by atoms with van der Waals surface area (Å²) in [5.41, 5.74) is -0.878. The number of halogens is 3. The Labute approximate surface area is 122 Å². The number of aryl methyl sites for hydroxylation is 1. The third kappa shape index (κ3) is 2.82. The van der Waals surface area contributed by atoms with E-state index in [1.807, 2.05) is 0 Å². The van der Waals surface area contributed by atoms with Gasteiger partial charge in [0, 0.05) is 19.2 Å². The molecule has 0 amide bonds. The molecule has 1 aliphatic carbocycles. The van der Waals surface area contributed by atoms with Crippen LogP contribution in [0.15, 0.2) is 11.1 Å². The van der Waals surface area contributed by atoms with Gasteiger partial charge in [0.2, 0.25) is 14.8 Å². The average Bonchev–Trinajstić information content (AvgIpc) is 2.82. The molecule has 0 saturated heterocycles. The van der Waals surface area contributed by atoms with Crippen molar-refractivity contribution >= 4 is 9.84 Å². The van der Waals surface area contributed by atoms with Crippen molar-refractivity contribution in [2.45, 2.75) is 55.3 Å². The van der Waals surface area contributed by atoms with E-state index in [1.54, 1.807) is 0 Å². The number of sulfone groups is 1. The average molecular weight is 324 g/mol. The van der Waals surface area contributed by atoms with Crippen molar-refractivity contribution in [1.29, 1.82) is 0 Å². The van der Waals surface area contributed by atoms with Gasteiger partial charge >= 0.3 is 0 Å². The zero-order chi connectivity index (χ0) is 15.8. The van der Waals surface area contributed by atoms with Crippen molar-refractivity contribution in [3.63, 3.8) is 0 Å². The van der Waals surface area contributed by atoms with Crippen LogP contribution in [0, 0.1) is 5.92 Å². The highest BCUT2D eigenvalue weighted by Gasteiger charge is 2.49. The van der Waals surface area contributed by atoms with Crippen molar-refractivity contribution in [3.8, 4) is 0 Å². The summed E-state index contributed by atoms with van der Waals surface area (Å²) in [7, 11) is -3.19. The Morgan fingerprint density at radius 2 is 1.90 bits per heavy atom. The second-order valence-corrected chi connectivity index (χ2v) is 7.92. The normalized spacial score (nSPS) is 20.7. The second kappa shape index (κ2) is 5.62. The molecule has 1 saturated carbocycles. The smallest absolute Gasteiger partial charge is 0.274 e. The fraction of sp³-hybridized carbons (Fsp3) is 0.769. The van der Waals surface area contributed by atoms with Gasteiger partial charge in [-0.25, -0.2) is 21.6 Å². The van der Waals surface area contributed by atoms with Crippen LogP contribution in [0.25, 0.3) is 0 Å². The maximum atomic E-state index is 15.0. The number of alkyl halides is 3. The van der Waals surface area contributed by atoms with E-state index in [2.05, 4.69) is 5.10 Å². The van der Waals surface area contributed by atoms with E-state index in [-0.39, 0.29) is 0 Å². The molecule has 0 radical (unpaired) electrons. The molecular formula is C13H19F3N2O2S. The van der Waals surface area contributed by atoms with Crippen LogP contribution in [0.5, 0.6) is 0 Å². The Balaban J connectivity index is 2.45. The summed E-state index contributed by atoms with van der Waals surface area (Å²) < 4.78 is 66.9. The summed E-state index contributed by atoms with van der Waals surface area (Å²) in [5.74, 6) is -0.665. The summed E-state index contributed by atoms with van der Waals surface area (Å²) in [6.07, 6.45) is 1.27. The Hall–Kier alpha value is -1.05. The fourth-order valence-electron chi connectivity index (χ4n) is 2.89. The molecule has 21 heavy (non-hydrogen) atoms. The highest BCUT2D eigenvalue weighted by atomic mass is 32.2. The highest BCUT2D eigenvalue weighted by molar-refractivity contribution is 7.92. The van der Waals surface area contributed by atoms with Gasteiger partial charge in [-0.2, -0.15) is 5.10 Å². The van der Waals surface area contributed by atoms with Crippen molar-refractivity contribution in [3.05, 3.63) is 11.9 Å². The van der Waals surface area contributed by atoms with Gasteiger partial charge in [0.15, 0.2) is 0 Å². The van der Waals surface area contributed by atoms with Crippen LogP contribution in [0.2, 0.25) is 0 Å². The lowest BCUT2D eigenvalue weighted by Gasteiger charge is -2.32. The van der Waals surface area contributed by atoms with Gasteiger partial charge in [-0.1, -0.05) is 19.3 Å². The molecule has 8 heteroatoms. The number of hydrogen-bond donors (Lipinski definition) is 0. The van der Waals surface area contributed by atoms with Gasteiger partial charge < -0.3 is 0 Å². The predicted octanol–water partition coefficient (Wildman–Crippen LogP) is 3.40. The summed E-state index contributed by atoms with van der Waals surface area (Å²) in [4.78, 5) is -0.699. The van der Waals surface area contributed by atoms with Crippen LogP contribution >= 0.6 is 0 Å². The zero-order valence-electron chi connectivity index (χ0n) is 12.0. The van der Waals surface area contributed by atoms with Gasteiger partial charge in [0.25, 0.3) is 6.43 Å². The molecule has 0 N–H and O–H groups in total. The van der Waals surface area contributed by atoms with Crippen molar-refractivity contribution < 1.29 is 21.6 Å². The van der Waals surface area contributed by atoms with Crippen LogP contribution in [-0.4, -0.2) is 23.2 Å². The first-order chi connectivity index (χ1) is 9.68. The number of nitrogens with zero attached hydrogens (tertiary/aromatic N) is 2. The van der Waals surface area contributed by atoms with Crippen LogP contribution < -0.4 is 0 Å².